The van der Waals surface area contributed by atoms with Gasteiger partial charge in [0.25, 0.3) is 0 Å². The fourth-order valence-electron chi connectivity index (χ4n) is 4.67. The average Bonchev–Trinajstić information content (AvgIpc) is 2.92. The van der Waals surface area contributed by atoms with Gasteiger partial charge in [0.2, 0.25) is 0 Å². The Morgan fingerprint density at radius 2 is 1.73 bits per heavy atom. The molecular formula is C31H38O9. The summed E-state index contributed by atoms with van der Waals surface area (Å²) in [7, 11) is 0. The molecule has 0 saturated carbocycles. The Balaban J connectivity index is 1.69. The minimum atomic E-state index is -0.955. The molecule has 2 N–H and O–H groups in total. The second-order valence-corrected chi connectivity index (χ2v) is 9.86. The molecular weight excluding hydrogens is 516 g/mol. The first-order valence-electron chi connectivity index (χ1n) is 13.9. The number of ketones is 2. The molecule has 0 amide bonds. The number of hydrogen-bond donors (Lipinski definition) is 2. The van der Waals surface area contributed by atoms with Gasteiger partial charge in [-0.05, 0) is 61.6 Å². The van der Waals surface area contributed by atoms with Crippen LogP contribution in [0.2, 0.25) is 0 Å². The Morgan fingerprint density at radius 1 is 0.975 bits per heavy atom. The standard InChI is InChI=1S/C31H38O9/c1-3-6-24-28(13-11-23-26(33)16-18-39-31(23)24)38-17-15-22(4-2)40-27-12-9-20(19-21(27)10-14-30(36)37)25(32)7-5-8-29(34)35/h9,11-13,19,22H,3-8,10,14-18H2,1-2H3,(H,34,35)(H,36,37). The highest BCUT2D eigenvalue weighted by Gasteiger charge is 2.24. The molecule has 1 heterocycles. The molecule has 1 unspecified atom stereocenters. The molecule has 9 heteroatoms. The molecule has 0 radical (unpaired) electrons. The lowest BCUT2D eigenvalue weighted by Gasteiger charge is -2.23. The topological polar surface area (TPSA) is 136 Å². The summed E-state index contributed by atoms with van der Waals surface area (Å²) in [6.45, 7) is 4.79. The number of carboxylic acids is 2. The van der Waals surface area contributed by atoms with E-state index in [9.17, 15) is 24.3 Å². The highest BCUT2D eigenvalue weighted by atomic mass is 16.5. The molecule has 0 bridgehead atoms. The summed E-state index contributed by atoms with van der Waals surface area (Å²) in [5, 5.41) is 18.0. The van der Waals surface area contributed by atoms with E-state index in [0.717, 1.165) is 18.4 Å². The summed E-state index contributed by atoms with van der Waals surface area (Å²) in [6.07, 6.45) is 3.34. The van der Waals surface area contributed by atoms with Crippen LogP contribution in [0.5, 0.6) is 17.2 Å². The summed E-state index contributed by atoms with van der Waals surface area (Å²) in [5.74, 6) is -0.187. The monoisotopic (exact) mass is 554 g/mol. The molecule has 9 nitrogen and oxygen atoms in total. The van der Waals surface area contributed by atoms with Crippen LogP contribution in [-0.4, -0.2) is 53.0 Å². The van der Waals surface area contributed by atoms with E-state index < -0.39 is 11.9 Å². The molecule has 0 fully saturated rings. The number of hydrogen-bond acceptors (Lipinski definition) is 7. The van der Waals surface area contributed by atoms with Crippen molar-refractivity contribution in [1.29, 1.82) is 0 Å². The largest absolute Gasteiger partial charge is 0.493 e. The number of aliphatic carboxylic acids is 2. The predicted octanol–water partition coefficient (Wildman–Crippen LogP) is 5.69. The molecule has 0 aliphatic carbocycles. The normalized spacial score (nSPS) is 13.2. The van der Waals surface area contributed by atoms with Gasteiger partial charge in [-0.1, -0.05) is 20.3 Å². The lowest BCUT2D eigenvalue weighted by atomic mass is 9.98. The van der Waals surface area contributed by atoms with E-state index in [1.165, 1.54) is 0 Å². The SMILES string of the molecule is CCCc1c(OCCC(CC)Oc2ccc(C(=O)CCCC(=O)O)cc2CCC(=O)O)ccc2c1OCCC2=O. The van der Waals surface area contributed by atoms with Crippen LogP contribution in [0.4, 0.5) is 0 Å². The van der Waals surface area contributed by atoms with Crippen LogP contribution in [0, 0.1) is 0 Å². The van der Waals surface area contributed by atoms with Crippen molar-refractivity contribution in [3.63, 3.8) is 0 Å². The van der Waals surface area contributed by atoms with Crippen molar-refractivity contribution >= 4 is 23.5 Å². The molecule has 216 valence electrons. The van der Waals surface area contributed by atoms with Gasteiger partial charge in [0.15, 0.2) is 11.6 Å². The Morgan fingerprint density at radius 3 is 2.42 bits per heavy atom. The first kappa shape index (κ1) is 30.7. The Kier molecular flexibility index (Phi) is 11.5. The quantitative estimate of drug-likeness (QED) is 0.236. The van der Waals surface area contributed by atoms with Gasteiger partial charge in [0, 0.05) is 43.2 Å². The third-order valence-electron chi connectivity index (χ3n) is 6.82. The summed E-state index contributed by atoms with van der Waals surface area (Å²) >= 11 is 0. The first-order valence-corrected chi connectivity index (χ1v) is 13.9. The van der Waals surface area contributed by atoms with Crippen LogP contribution >= 0.6 is 0 Å². The number of benzene rings is 2. The van der Waals surface area contributed by atoms with Crippen LogP contribution in [0.15, 0.2) is 30.3 Å². The molecule has 40 heavy (non-hydrogen) atoms. The van der Waals surface area contributed by atoms with Crippen molar-refractivity contribution < 1.29 is 43.6 Å². The van der Waals surface area contributed by atoms with E-state index in [4.69, 9.17) is 19.3 Å². The van der Waals surface area contributed by atoms with Crippen LogP contribution in [0.3, 0.4) is 0 Å². The number of ether oxygens (including phenoxy) is 3. The second-order valence-electron chi connectivity index (χ2n) is 9.86. The van der Waals surface area contributed by atoms with Crippen molar-refractivity contribution in [2.75, 3.05) is 13.2 Å². The molecule has 0 spiro atoms. The molecule has 1 aliphatic heterocycles. The highest BCUT2D eigenvalue weighted by Crippen LogP contribution is 2.36. The van der Waals surface area contributed by atoms with Crippen LogP contribution in [-0.2, 0) is 22.4 Å². The maximum atomic E-state index is 12.6. The number of fused-ring (bicyclic) bond motifs is 1. The number of Topliss-reactive ketones (excluding diaryl/α,β-unsaturated/α-hetero) is 2. The highest BCUT2D eigenvalue weighted by molar-refractivity contribution is 6.00. The molecule has 2 aromatic carbocycles. The van der Waals surface area contributed by atoms with Gasteiger partial charge in [0.05, 0.1) is 18.8 Å². The molecule has 3 rings (SSSR count). The molecule has 0 aromatic heterocycles. The van der Waals surface area contributed by atoms with E-state index in [-0.39, 0.29) is 49.8 Å². The predicted molar refractivity (Wildman–Crippen MR) is 148 cm³/mol. The molecule has 1 aliphatic rings. The van der Waals surface area contributed by atoms with Gasteiger partial charge >= 0.3 is 11.9 Å². The summed E-state index contributed by atoms with van der Waals surface area (Å²) in [4.78, 5) is 46.9. The van der Waals surface area contributed by atoms with Crippen molar-refractivity contribution in [1.82, 2.24) is 0 Å². The average molecular weight is 555 g/mol. The third kappa shape index (κ3) is 8.56. The number of carbonyl (C=O) groups excluding carboxylic acids is 2. The number of carboxylic acid groups (broad SMARTS) is 2. The van der Waals surface area contributed by atoms with E-state index in [2.05, 4.69) is 6.92 Å². The second kappa shape index (κ2) is 15.1. The minimum Gasteiger partial charge on any atom is -0.493 e. The molecule has 2 aromatic rings. The first-order chi connectivity index (χ1) is 19.2. The molecule has 0 saturated heterocycles. The number of carbonyl (C=O) groups is 4. The fraction of sp³-hybridized carbons (Fsp3) is 0.484. The zero-order valence-electron chi connectivity index (χ0n) is 23.2. The number of aryl methyl sites for hydroxylation is 1. The van der Waals surface area contributed by atoms with Gasteiger partial charge in [-0.25, -0.2) is 0 Å². The maximum absolute atomic E-state index is 12.6. The Bertz CT molecular complexity index is 1220. The van der Waals surface area contributed by atoms with E-state index in [1.807, 2.05) is 13.0 Å². The van der Waals surface area contributed by atoms with E-state index in [0.29, 0.717) is 66.4 Å². The zero-order valence-corrected chi connectivity index (χ0v) is 23.2. The summed E-state index contributed by atoms with van der Waals surface area (Å²) in [6, 6.07) is 8.56. The van der Waals surface area contributed by atoms with Crippen LogP contribution in [0.1, 0.15) is 97.1 Å². The Hall–Kier alpha value is -3.88. The van der Waals surface area contributed by atoms with Crippen LogP contribution in [0.25, 0.3) is 0 Å². The maximum Gasteiger partial charge on any atom is 0.303 e. The van der Waals surface area contributed by atoms with Gasteiger partial charge in [-0.15, -0.1) is 0 Å². The third-order valence-corrected chi connectivity index (χ3v) is 6.82. The van der Waals surface area contributed by atoms with Crippen molar-refractivity contribution in [3.8, 4) is 17.2 Å². The van der Waals surface area contributed by atoms with E-state index in [1.54, 1.807) is 24.3 Å². The fourth-order valence-corrected chi connectivity index (χ4v) is 4.67. The zero-order chi connectivity index (χ0) is 29.1. The van der Waals surface area contributed by atoms with E-state index >= 15 is 0 Å². The Labute approximate surface area is 234 Å². The van der Waals surface area contributed by atoms with Crippen molar-refractivity contribution in [2.24, 2.45) is 0 Å². The molecule has 1 atom stereocenters. The van der Waals surface area contributed by atoms with Gasteiger partial charge in [-0.3, -0.25) is 19.2 Å². The summed E-state index contributed by atoms with van der Waals surface area (Å²) in [5.41, 5.74) is 2.54. The lowest BCUT2D eigenvalue weighted by molar-refractivity contribution is -0.138. The minimum absolute atomic E-state index is 0.0799. The smallest absolute Gasteiger partial charge is 0.303 e. The number of rotatable bonds is 17. The van der Waals surface area contributed by atoms with Crippen molar-refractivity contribution in [2.45, 2.75) is 84.2 Å². The van der Waals surface area contributed by atoms with Crippen molar-refractivity contribution in [3.05, 3.63) is 52.6 Å². The van der Waals surface area contributed by atoms with Gasteiger partial charge in [0.1, 0.15) is 23.4 Å². The van der Waals surface area contributed by atoms with Gasteiger partial charge in [-0.2, -0.15) is 0 Å². The summed E-state index contributed by atoms with van der Waals surface area (Å²) < 4.78 is 18.2. The van der Waals surface area contributed by atoms with Gasteiger partial charge < -0.3 is 24.4 Å². The van der Waals surface area contributed by atoms with Crippen LogP contribution < -0.4 is 14.2 Å². The lowest BCUT2D eigenvalue weighted by Crippen LogP contribution is -2.21.